The molecule has 0 bridgehead atoms. The SMILES string of the molecule is FC(F)(Cl)C(F)(F)S1=S(C(F)(F)C(F)(F)Cl)CC1. The predicted molar refractivity (Wildman–Crippen MR) is 56.0 cm³/mol. The fourth-order valence-corrected chi connectivity index (χ4v) is 7.53. The lowest BCUT2D eigenvalue weighted by molar-refractivity contribution is -0.0945. The van der Waals surface area contributed by atoms with Gasteiger partial charge in [-0.05, 0) is 23.2 Å². The molecule has 0 aromatic carbocycles. The van der Waals surface area contributed by atoms with Crippen LogP contribution in [-0.2, 0) is 18.9 Å². The van der Waals surface area contributed by atoms with E-state index in [9.17, 15) is 35.1 Å². The van der Waals surface area contributed by atoms with Gasteiger partial charge in [-0.15, -0.1) is 0 Å². The fourth-order valence-electron chi connectivity index (χ4n) is 1.02. The summed E-state index contributed by atoms with van der Waals surface area (Å²) in [5.41, 5.74) is 0. The van der Waals surface area contributed by atoms with E-state index in [0.717, 1.165) is 0 Å². The van der Waals surface area contributed by atoms with Gasteiger partial charge in [-0.25, -0.2) is 0 Å². The van der Waals surface area contributed by atoms with Crippen molar-refractivity contribution in [1.82, 2.24) is 0 Å². The van der Waals surface area contributed by atoms with E-state index in [2.05, 4.69) is 23.2 Å². The summed E-state index contributed by atoms with van der Waals surface area (Å²) in [6, 6.07) is 0. The first-order valence-electron chi connectivity index (χ1n) is 4.04. The summed E-state index contributed by atoms with van der Waals surface area (Å²) in [6.07, 6.45) is 0. The zero-order valence-corrected chi connectivity index (χ0v) is 11.2. The third-order valence-electron chi connectivity index (χ3n) is 1.93. The van der Waals surface area contributed by atoms with Gasteiger partial charge in [0.1, 0.15) is 0 Å². The summed E-state index contributed by atoms with van der Waals surface area (Å²) in [7, 11) is -5.86. The molecule has 1 rings (SSSR count). The number of halogens is 10. The minimum absolute atomic E-state index is 0.721. The molecule has 0 fully saturated rings. The van der Waals surface area contributed by atoms with Crippen molar-refractivity contribution in [3.8, 4) is 0 Å². The molecule has 12 heteroatoms. The van der Waals surface area contributed by atoms with Gasteiger partial charge in [0.05, 0.1) is 0 Å². The summed E-state index contributed by atoms with van der Waals surface area (Å²) in [6.45, 7) is 0. The fraction of sp³-hybridized carbons (Fsp3) is 1.00. The zero-order chi connectivity index (χ0) is 14.6. The van der Waals surface area contributed by atoms with Crippen LogP contribution in [0.5, 0.6) is 0 Å². The maximum absolute atomic E-state index is 13.1. The van der Waals surface area contributed by atoms with E-state index in [1.54, 1.807) is 0 Å². The Labute approximate surface area is 110 Å². The van der Waals surface area contributed by atoms with E-state index in [1.807, 2.05) is 0 Å². The van der Waals surface area contributed by atoms with Gasteiger partial charge in [0.15, 0.2) is 0 Å². The van der Waals surface area contributed by atoms with E-state index in [0.29, 0.717) is 0 Å². The third kappa shape index (κ3) is 2.62. The van der Waals surface area contributed by atoms with Gasteiger partial charge in [-0.3, -0.25) is 0 Å². The first-order chi connectivity index (χ1) is 7.73. The Bertz CT molecular complexity index is 346. The molecule has 0 aromatic rings. The van der Waals surface area contributed by atoms with Crippen LogP contribution in [0.15, 0.2) is 0 Å². The highest BCUT2D eigenvalue weighted by Crippen LogP contribution is 2.49. The Morgan fingerprint density at radius 2 is 0.833 bits per heavy atom. The van der Waals surface area contributed by atoms with Crippen molar-refractivity contribution in [1.29, 1.82) is 0 Å². The van der Waals surface area contributed by atoms with Crippen molar-refractivity contribution in [2.24, 2.45) is 0 Å². The Hall–Kier alpha value is 0.720. The molecule has 1 heterocycles. The number of alkyl halides is 10. The normalized spacial score (nSPS) is 27.0. The lowest BCUT2D eigenvalue weighted by Crippen LogP contribution is -2.54. The lowest BCUT2D eigenvalue weighted by atomic mass is 10.7. The maximum Gasteiger partial charge on any atom is 0.393 e. The summed E-state index contributed by atoms with van der Waals surface area (Å²) in [5.74, 6) is -1.44. The summed E-state index contributed by atoms with van der Waals surface area (Å²) < 4.78 is 102. The molecule has 0 nitrogen and oxygen atoms in total. The molecule has 0 spiro atoms. The average molecular weight is 363 g/mol. The molecular formula is C6H4Cl2F8S2. The topological polar surface area (TPSA) is 0 Å². The van der Waals surface area contributed by atoms with E-state index in [-0.39, 0.29) is 0 Å². The molecule has 110 valence electrons. The number of hydrogen-bond acceptors (Lipinski definition) is 0. The zero-order valence-electron chi connectivity index (χ0n) is 8.01. The highest BCUT2D eigenvalue weighted by atomic mass is 35.5. The van der Waals surface area contributed by atoms with Gasteiger partial charge in [0.25, 0.3) is 0 Å². The molecule has 0 saturated carbocycles. The minimum atomic E-state index is -5.07. The van der Waals surface area contributed by atoms with Crippen LogP contribution in [0.3, 0.4) is 0 Å². The van der Waals surface area contributed by atoms with Crippen LogP contribution < -0.4 is 0 Å². The second-order valence-corrected chi connectivity index (χ2v) is 9.72. The van der Waals surface area contributed by atoms with Crippen LogP contribution in [-0.4, -0.2) is 32.8 Å². The van der Waals surface area contributed by atoms with Crippen molar-refractivity contribution in [3.63, 3.8) is 0 Å². The average Bonchev–Trinajstić information content (AvgIpc) is 1.94. The molecule has 0 saturated heterocycles. The second kappa shape index (κ2) is 4.63. The van der Waals surface area contributed by atoms with Crippen molar-refractivity contribution >= 4 is 42.1 Å². The number of hydrogen-bond donors (Lipinski definition) is 0. The Morgan fingerprint density at radius 1 is 0.611 bits per heavy atom. The maximum atomic E-state index is 13.1. The van der Waals surface area contributed by atoms with Crippen LogP contribution in [0, 0.1) is 0 Å². The highest BCUT2D eigenvalue weighted by Gasteiger charge is 2.65. The molecule has 1 aliphatic rings. The molecule has 18 heavy (non-hydrogen) atoms. The summed E-state index contributed by atoms with van der Waals surface area (Å²) >= 11 is 8.25. The smallest absolute Gasteiger partial charge is 0.186 e. The van der Waals surface area contributed by atoms with Gasteiger partial charge in [0.2, 0.25) is 0 Å². The monoisotopic (exact) mass is 362 g/mol. The van der Waals surface area contributed by atoms with Crippen molar-refractivity contribution in [2.75, 3.05) is 11.5 Å². The van der Waals surface area contributed by atoms with Gasteiger partial charge in [-0.2, -0.15) is 35.1 Å². The lowest BCUT2D eigenvalue weighted by Gasteiger charge is -2.38. The summed E-state index contributed by atoms with van der Waals surface area (Å²) in [5, 5.41) is -20.1. The van der Waals surface area contributed by atoms with Crippen LogP contribution in [0.4, 0.5) is 35.1 Å². The predicted octanol–water partition coefficient (Wildman–Crippen LogP) is 4.00. The van der Waals surface area contributed by atoms with Crippen LogP contribution in [0.2, 0.25) is 0 Å². The quantitative estimate of drug-likeness (QED) is 0.523. The van der Waals surface area contributed by atoms with E-state index in [1.165, 1.54) is 0 Å². The molecule has 2 atom stereocenters. The van der Waals surface area contributed by atoms with Crippen molar-refractivity contribution < 1.29 is 35.1 Å². The molecule has 2 unspecified atom stereocenters. The van der Waals surface area contributed by atoms with E-state index >= 15 is 0 Å². The number of rotatable bonds is 4. The van der Waals surface area contributed by atoms with Crippen molar-refractivity contribution in [2.45, 2.75) is 21.3 Å². The Morgan fingerprint density at radius 3 is 0.944 bits per heavy atom. The molecule has 0 aliphatic carbocycles. The highest BCUT2D eigenvalue weighted by molar-refractivity contribution is 8.48. The Kier molecular flexibility index (Phi) is 4.31. The molecule has 0 N–H and O–H groups in total. The van der Waals surface area contributed by atoms with E-state index in [4.69, 9.17) is 0 Å². The van der Waals surface area contributed by atoms with Crippen LogP contribution in [0.1, 0.15) is 0 Å². The van der Waals surface area contributed by atoms with E-state index < -0.39 is 51.7 Å². The van der Waals surface area contributed by atoms with Gasteiger partial charge < -0.3 is 0 Å². The van der Waals surface area contributed by atoms with Gasteiger partial charge in [0, 0.05) is 11.5 Å². The van der Waals surface area contributed by atoms with Crippen LogP contribution >= 0.6 is 23.2 Å². The first kappa shape index (κ1) is 16.8. The second-order valence-electron chi connectivity index (χ2n) is 3.13. The van der Waals surface area contributed by atoms with Crippen LogP contribution in [0.25, 0.3) is 0 Å². The third-order valence-corrected chi connectivity index (χ3v) is 9.89. The largest absolute Gasteiger partial charge is 0.393 e. The molecular weight excluding hydrogens is 359 g/mol. The molecule has 0 radical (unpaired) electrons. The Balaban J connectivity index is 3.25. The first-order valence-corrected chi connectivity index (χ1v) is 8.10. The van der Waals surface area contributed by atoms with Crippen molar-refractivity contribution in [3.05, 3.63) is 0 Å². The van der Waals surface area contributed by atoms with Gasteiger partial charge >= 0.3 is 21.3 Å². The van der Waals surface area contributed by atoms with Gasteiger partial charge in [-0.1, -0.05) is 18.9 Å². The molecule has 1 aliphatic heterocycles. The molecule has 0 aromatic heterocycles. The standard InChI is InChI=1S/C6H4Cl2F8S2/c7-3(9,10)5(13,14)17-1-2-18(17)6(15,16)4(8,11)12/h1-2H2. The minimum Gasteiger partial charge on any atom is -0.186 e. The summed E-state index contributed by atoms with van der Waals surface area (Å²) in [4.78, 5) is 0. The molecule has 0 amide bonds.